The quantitative estimate of drug-likeness (QED) is 0.0216. The largest absolute Gasteiger partial charge is 0.465 e. The second kappa shape index (κ2) is 22.1. The summed E-state index contributed by atoms with van der Waals surface area (Å²) in [6, 6.07) is 0.778. The lowest BCUT2D eigenvalue weighted by atomic mass is 9.76. The highest BCUT2D eigenvalue weighted by molar-refractivity contribution is 7.99. The third kappa shape index (κ3) is 21.8. The highest BCUT2D eigenvalue weighted by Crippen LogP contribution is 2.36. The first-order valence-corrected chi connectivity index (χ1v) is 27.3. The molecule has 0 bridgehead atoms. The van der Waals surface area contributed by atoms with Crippen LogP contribution in [0.2, 0.25) is 51.9 Å². The van der Waals surface area contributed by atoms with Gasteiger partial charge in [0.2, 0.25) is 0 Å². The Bertz CT molecular complexity index is 909. The molecule has 0 amide bonds. The minimum atomic E-state index is -2.39. The van der Waals surface area contributed by atoms with Crippen molar-refractivity contribution in [3.63, 3.8) is 0 Å². The van der Waals surface area contributed by atoms with Gasteiger partial charge in [-0.25, -0.2) is 9.78 Å². The number of hydrogen-bond donors (Lipinski definition) is 0. The molecule has 0 radical (unpaired) electrons. The van der Waals surface area contributed by atoms with Gasteiger partial charge in [0.25, 0.3) is 0 Å². The van der Waals surface area contributed by atoms with Gasteiger partial charge in [-0.15, -0.1) is 0 Å². The number of carbonyl (C=O) groups is 3. The SMILES string of the molecule is CCC(C)(CCC(C)(C)C(=O)OCCSCC(C)C(=O)OCCOCCOOC)C(=O)OCCC[Si](C)(O[Si](C)(C)C)O[Si](C)(C)C. The lowest BCUT2D eigenvalue weighted by Gasteiger charge is -2.38. The zero-order chi connectivity index (χ0) is 36.4. The molecule has 11 nitrogen and oxygen atoms in total. The molecule has 278 valence electrons. The van der Waals surface area contributed by atoms with E-state index in [1.54, 1.807) is 6.92 Å². The molecule has 0 aromatic rings. The number of rotatable bonds is 27. The molecule has 2 atom stereocenters. The van der Waals surface area contributed by atoms with Gasteiger partial charge in [-0.3, -0.25) is 14.4 Å². The van der Waals surface area contributed by atoms with E-state index in [1.807, 2.05) is 27.7 Å². The predicted molar refractivity (Wildman–Crippen MR) is 194 cm³/mol. The summed E-state index contributed by atoms with van der Waals surface area (Å²) in [5, 5.41) is 0. The molecular weight excluding hydrogens is 677 g/mol. The smallest absolute Gasteiger partial charge is 0.314 e. The van der Waals surface area contributed by atoms with Crippen molar-refractivity contribution in [3.05, 3.63) is 0 Å². The molecule has 0 saturated carbocycles. The van der Waals surface area contributed by atoms with Crippen LogP contribution in [0.1, 0.15) is 60.3 Å². The normalized spacial score (nSPS) is 14.7. The molecule has 2 unspecified atom stereocenters. The monoisotopic (exact) mass is 742 g/mol. The van der Waals surface area contributed by atoms with E-state index in [1.165, 1.54) is 18.9 Å². The average Bonchev–Trinajstić information content (AvgIpc) is 2.94. The van der Waals surface area contributed by atoms with Gasteiger partial charge in [0.15, 0.2) is 16.6 Å². The molecule has 0 spiro atoms. The number of ether oxygens (including phenoxy) is 4. The molecule has 0 aliphatic carbocycles. The van der Waals surface area contributed by atoms with Gasteiger partial charge in [-0.05, 0) is 98.3 Å². The second-order valence-corrected chi connectivity index (χ2v) is 29.0. The first kappa shape index (κ1) is 46.2. The predicted octanol–water partition coefficient (Wildman–Crippen LogP) is 6.97. The minimum Gasteiger partial charge on any atom is -0.465 e. The fraction of sp³-hybridized carbons (Fsp3) is 0.906. The summed E-state index contributed by atoms with van der Waals surface area (Å²) >= 11 is 1.53. The molecule has 0 aliphatic rings. The van der Waals surface area contributed by atoms with Gasteiger partial charge in [0, 0.05) is 11.5 Å². The van der Waals surface area contributed by atoms with Crippen LogP contribution < -0.4 is 0 Å². The molecule has 0 aromatic heterocycles. The molecule has 0 fully saturated rings. The third-order valence-electron chi connectivity index (χ3n) is 7.31. The minimum absolute atomic E-state index is 0.172. The lowest BCUT2D eigenvalue weighted by Crippen LogP contribution is -2.52. The summed E-state index contributed by atoms with van der Waals surface area (Å²) in [5.41, 5.74) is -1.46. The van der Waals surface area contributed by atoms with Crippen LogP contribution in [0.25, 0.3) is 0 Å². The Morgan fingerprint density at radius 2 is 1.32 bits per heavy atom. The first-order valence-electron chi connectivity index (χ1n) is 16.8. The first-order chi connectivity index (χ1) is 21.6. The van der Waals surface area contributed by atoms with Crippen molar-refractivity contribution < 1.29 is 51.3 Å². The van der Waals surface area contributed by atoms with E-state index in [0.717, 1.165) is 6.04 Å². The van der Waals surface area contributed by atoms with Gasteiger partial charge in [-0.1, -0.05) is 13.8 Å². The Morgan fingerprint density at radius 3 is 1.87 bits per heavy atom. The molecule has 0 rings (SSSR count). The van der Waals surface area contributed by atoms with E-state index in [2.05, 4.69) is 50.7 Å². The van der Waals surface area contributed by atoms with E-state index in [9.17, 15) is 14.4 Å². The average molecular weight is 743 g/mol. The highest BCUT2D eigenvalue weighted by atomic mass is 32.2. The Hall–Kier alpha value is -0.789. The van der Waals surface area contributed by atoms with Gasteiger partial charge in [0.05, 0.1) is 43.7 Å². The highest BCUT2D eigenvalue weighted by Gasteiger charge is 2.41. The van der Waals surface area contributed by atoms with Gasteiger partial charge in [0.1, 0.15) is 19.8 Å². The Balaban J connectivity index is 4.59. The van der Waals surface area contributed by atoms with Crippen molar-refractivity contribution in [1.29, 1.82) is 0 Å². The van der Waals surface area contributed by atoms with Crippen LogP contribution in [0.4, 0.5) is 0 Å². The van der Waals surface area contributed by atoms with E-state index >= 15 is 0 Å². The van der Waals surface area contributed by atoms with Gasteiger partial charge >= 0.3 is 26.5 Å². The molecule has 0 heterocycles. The van der Waals surface area contributed by atoms with Gasteiger partial charge < -0.3 is 27.2 Å². The molecule has 0 N–H and O–H groups in total. The van der Waals surface area contributed by atoms with Crippen molar-refractivity contribution in [3.8, 4) is 0 Å². The second-order valence-electron chi connectivity index (χ2n) is 15.0. The zero-order valence-corrected chi connectivity index (χ0v) is 35.5. The van der Waals surface area contributed by atoms with Crippen LogP contribution in [0.3, 0.4) is 0 Å². The Morgan fingerprint density at radius 1 is 0.745 bits per heavy atom. The summed E-state index contributed by atoms with van der Waals surface area (Å²) in [4.78, 5) is 47.4. The molecule has 0 aromatic carbocycles. The van der Waals surface area contributed by atoms with Crippen molar-refractivity contribution in [2.45, 2.75) is 112 Å². The Labute approximate surface area is 292 Å². The summed E-state index contributed by atoms with van der Waals surface area (Å²) in [7, 11) is -4.55. The lowest BCUT2D eigenvalue weighted by molar-refractivity contribution is -0.277. The van der Waals surface area contributed by atoms with Crippen molar-refractivity contribution in [2.75, 3.05) is 58.3 Å². The maximum absolute atomic E-state index is 13.2. The maximum atomic E-state index is 13.2. The van der Waals surface area contributed by atoms with Crippen molar-refractivity contribution in [1.82, 2.24) is 0 Å². The third-order valence-corrected chi connectivity index (χ3v) is 18.1. The number of thioether (sulfide) groups is 1. The van der Waals surface area contributed by atoms with Crippen LogP contribution >= 0.6 is 11.8 Å². The fourth-order valence-electron chi connectivity index (χ4n) is 4.60. The van der Waals surface area contributed by atoms with E-state index < -0.39 is 36.0 Å². The standard InChI is InChI=1S/C32H66O11SSi3/c1-14-32(5,30(35)39-18-15-25-47(13,42-45(7,8)9)43-46(10,11)12)17-16-31(3,4)29(34)40-23-24-44-26-27(2)28(33)38-21-19-37-20-22-41-36-6/h27H,14-26H2,1-13H3. The van der Waals surface area contributed by atoms with Crippen LogP contribution in [0.15, 0.2) is 0 Å². The van der Waals surface area contributed by atoms with Crippen LogP contribution in [0.5, 0.6) is 0 Å². The molecule has 15 heteroatoms. The van der Waals surface area contributed by atoms with Crippen LogP contribution in [0, 0.1) is 16.7 Å². The maximum Gasteiger partial charge on any atom is 0.314 e. The summed E-state index contributed by atoms with van der Waals surface area (Å²) in [5.74, 6) is -0.0107. The molecule has 0 saturated heterocycles. The zero-order valence-electron chi connectivity index (χ0n) is 31.7. The topological polar surface area (TPSA) is 125 Å². The van der Waals surface area contributed by atoms with E-state index in [0.29, 0.717) is 57.0 Å². The van der Waals surface area contributed by atoms with Crippen LogP contribution in [-0.4, -0.2) is 101 Å². The summed E-state index contributed by atoms with van der Waals surface area (Å²) in [6.07, 6.45) is 2.30. The van der Waals surface area contributed by atoms with Crippen molar-refractivity contribution in [2.24, 2.45) is 16.7 Å². The summed E-state index contributed by atoms with van der Waals surface area (Å²) in [6.45, 7) is 26.3. The molecular formula is C32H66O11SSi3. The fourth-order valence-corrected chi connectivity index (χ4v) is 18.0. The van der Waals surface area contributed by atoms with E-state index in [4.69, 9.17) is 32.1 Å². The summed E-state index contributed by atoms with van der Waals surface area (Å²) < 4.78 is 35.0. The number of hydrogen-bond acceptors (Lipinski definition) is 12. The number of carbonyl (C=O) groups excluding carboxylic acids is 3. The molecule has 47 heavy (non-hydrogen) atoms. The van der Waals surface area contributed by atoms with E-state index in [-0.39, 0.29) is 43.6 Å². The van der Waals surface area contributed by atoms with Crippen LogP contribution in [-0.2, 0) is 51.3 Å². The Kier molecular flexibility index (Phi) is 21.7. The van der Waals surface area contributed by atoms with Crippen molar-refractivity contribution >= 4 is 54.9 Å². The van der Waals surface area contributed by atoms with Gasteiger partial charge in [-0.2, -0.15) is 11.8 Å². The number of esters is 3. The molecule has 0 aliphatic heterocycles.